The van der Waals surface area contributed by atoms with Crippen molar-refractivity contribution in [2.24, 2.45) is 4.99 Å². The van der Waals surface area contributed by atoms with Crippen LogP contribution < -0.4 is 0 Å². The van der Waals surface area contributed by atoms with Crippen LogP contribution in [0.1, 0.15) is 33.1 Å². The normalized spacial score (nSPS) is 12.9. The molecule has 0 fully saturated rings. The van der Waals surface area contributed by atoms with Crippen LogP contribution in [-0.2, 0) is 0 Å². The van der Waals surface area contributed by atoms with Gasteiger partial charge in [0.2, 0.25) is 0 Å². The third-order valence-electron chi connectivity index (χ3n) is 5.28. The summed E-state index contributed by atoms with van der Waals surface area (Å²) in [6.45, 7) is 8.05. The van der Waals surface area contributed by atoms with Crippen LogP contribution in [-0.4, -0.2) is 20.7 Å². The highest BCUT2D eigenvalue weighted by molar-refractivity contribution is 7.11. The van der Waals surface area contributed by atoms with Crippen LogP contribution in [0.3, 0.4) is 0 Å². The van der Waals surface area contributed by atoms with E-state index in [4.69, 9.17) is 9.98 Å². The molecule has 0 unspecified atom stereocenters. The molecule has 5 heteroatoms. The summed E-state index contributed by atoms with van der Waals surface area (Å²) >= 11 is 1.72. The van der Waals surface area contributed by atoms with Crippen LogP contribution in [0, 0.1) is 13.8 Å². The number of rotatable bonds is 5. The molecule has 30 heavy (non-hydrogen) atoms. The minimum Gasteiger partial charge on any atom is -0.357 e. The highest BCUT2D eigenvalue weighted by Gasteiger charge is 2.25. The summed E-state index contributed by atoms with van der Waals surface area (Å²) < 4.78 is 0. The van der Waals surface area contributed by atoms with Gasteiger partial charge in [-0.05, 0) is 55.1 Å². The third kappa shape index (κ3) is 3.04. The lowest BCUT2D eigenvalue weighted by Gasteiger charge is -2.18. The number of hydrogen-bond acceptors (Lipinski definition) is 4. The zero-order valence-corrected chi connectivity index (χ0v) is 17.6. The molecule has 5 heterocycles. The monoisotopic (exact) mass is 408 g/mol. The van der Waals surface area contributed by atoms with Crippen molar-refractivity contribution in [3.8, 4) is 11.3 Å². The first kappa shape index (κ1) is 18.5. The fraction of sp³-hybridized carbons (Fsp3) is 0.0800. The van der Waals surface area contributed by atoms with Gasteiger partial charge in [-0.25, -0.2) is 9.98 Å². The number of H-pyrrole nitrogens is 1. The van der Waals surface area contributed by atoms with Crippen LogP contribution >= 0.6 is 11.3 Å². The molecule has 5 rings (SSSR count). The predicted molar refractivity (Wildman–Crippen MR) is 125 cm³/mol. The summed E-state index contributed by atoms with van der Waals surface area (Å²) in [4.78, 5) is 18.6. The number of aliphatic imine (C=N–C) groups is 1. The van der Waals surface area contributed by atoms with Crippen LogP contribution in [0.15, 0.2) is 77.9 Å². The number of pyridine rings is 2. The second-order valence-electron chi connectivity index (χ2n) is 7.23. The maximum atomic E-state index is 4.90. The summed E-state index contributed by atoms with van der Waals surface area (Å²) in [6.07, 6.45) is 7.56. The molecular weight excluding hydrogens is 388 g/mol. The first-order chi connectivity index (χ1) is 14.7. The maximum absolute atomic E-state index is 4.90. The van der Waals surface area contributed by atoms with Gasteiger partial charge in [-0.3, -0.25) is 4.98 Å². The Bertz CT molecular complexity index is 1320. The van der Waals surface area contributed by atoms with Crippen molar-refractivity contribution in [2.45, 2.75) is 13.8 Å². The molecule has 1 aliphatic heterocycles. The van der Waals surface area contributed by atoms with Crippen molar-refractivity contribution in [3.05, 3.63) is 106 Å². The third-order valence-corrected chi connectivity index (χ3v) is 6.18. The van der Waals surface area contributed by atoms with Crippen molar-refractivity contribution in [1.29, 1.82) is 0 Å². The maximum Gasteiger partial charge on any atom is 0.117 e. The number of hydrogen-bond donors (Lipinski definition) is 1. The molecule has 4 aromatic heterocycles. The molecule has 0 amide bonds. The lowest BCUT2D eigenvalue weighted by atomic mass is 10.0. The Kier molecular flexibility index (Phi) is 4.52. The van der Waals surface area contributed by atoms with E-state index in [1.807, 2.05) is 30.5 Å². The summed E-state index contributed by atoms with van der Waals surface area (Å²) in [5, 5.41) is 2.09. The Morgan fingerprint density at radius 1 is 1.17 bits per heavy atom. The van der Waals surface area contributed by atoms with Crippen molar-refractivity contribution in [2.75, 3.05) is 0 Å². The topological polar surface area (TPSA) is 53.9 Å². The molecule has 146 valence electrons. The highest BCUT2D eigenvalue weighted by Crippen LogP contribution is 2.36. The molecular formula is C25H20N4S. The Balaban J connectivity index is 1.53. The predicted octanol–water partition coefficient (Wildman–Crippen LogP) is 6.25. The molecule has 0 radical (unpaired) electrons. The number of nitrogens with one attached hydrogen (secondary N) is 1. The first-order valence-corrected chi connectivity index (χ1v) is 10.6. The van der Waals surface area contributed by atoms with Crippen molar-refractivity contribution in [1.82, 2.24) is 15.0 Å². The van der Waals surface area contributed by atoms with Gasteiger partial charge in [0.05, 0.1) is 17.1 Å². The van der Waals surface area contributed by atoms with Gasteiger partial charge in [-0.1, -0.05) is 24.8 Å². The van der Waals surface area contributed by atoms with Crippen LogP contribution in [0.2, 0.25) is 0 Å². The van der Waals surface area contributed by atoms with Crippen LogP contribution in [0.5, 0.6) is 0 Å². The Morgan fingerprint density at radius 2 is 2.07 bits per heavy atom. The molecule has 0 aliphatic carbocycles. The van der Waals surface area contributed by atoms with Gasteiger partial charge in [0.25, 0.3) is 0 Å². The van der Waals surface area contributed by atoms with Crippen molar-refractivity contribution in [3.63, 3.8) is 0 Å². The summed E-state index contributed by atoms with van der Waals surface area (Å²) in [6, 6.07) is 12.4. The van der Waals surface area contributed by atoms with E-state index in [-0.39, 0.29) is 0 Å². The fourth-order valence-electron chi connectivity index (χ4n) is 3.73. The average molecular weight is 409 g/mol. The Labute approximate surface area is 179 Å². The van der Waals surface area contributed by atoms with Crippen LogP contribution in [0.25, 0.3) is 16.8 Å². The molecule has 1 N–H and O–H groups in total. The Hall–Kier alpha value is -3.57. The number of aromatic amines is 1. The van der Waals surface area contributed by atoms with E-state index >= 15 is 0 Å². The van der Waals surface area contributed by atoms with Crippen molar-refractivity contribution >= 4 is 28.3 Å². The quantitative estimate of drug-likeness (QED) is 0.349. The Morgan fingerprint density at radius 3 is 2.83 bits per heavy atom. The molecule has 0 saturated heterocycles. The zero-order chi connectivity index (χ0) is 20.7. The fourth-order valence-corrected chi connectivity index (χ4v) is 4.49. The van der Waals surface area contributed by atoms with E-state index in [2.05, 4.69) is 60.0 Å². The second kappa shape index (κ2) is 7.35. The van der Waals surface area contributed by atoms with Gasteiger partial charge in [0, 0.05) is 39.7 Å². The van der Waals surface area contributed by atoms with Crippen LogP contribution in [0.4, 0.5) is 5.69 Å². The number of allylic oxidation sites excluding steroid dienone is 2. The van der Waals surface area contributed by atoms with Gasteiger partial charge in [-0.15, -0.1) is 11.3 Å². The van der Waals surface area contributed by atoms with E-state index < -0.39 is 0 Å². The number of fused-ring (bicyclic) bond motifs is 1. The van der Waals surface area contributed by atoms with Gasteiger partial charge in [-0.2, -0.15) is 0 Å². The van der Waals surface area contributed by atoms with Gasteiger partial charge in [0.1, 0.15) is 11.4 Å². The second-order valence-corrected chi connectivity index (χ2v) is 8.18. The minimum absolute atomic E-state index is 0.895. The minimum atomic E-state index is 0.895. The van der Waals surface area contributed by atoms with Gasteiger partial charge < -0.3 is 4.98 Å². The summed E-state index contributed by atoms with van der Waals surface area (Å²) in [7, 11) is 0. The lowest BCUT2D eigenvalue weighted by Crippen LogP contribution is -2.14. The zero-order valence-electron chi connectivity index (χ0n) is 16.8. The van der Waals surface area contributed by atoms with Gasteiger partial charge >= 0.3 is 0 Å². The van der Waals surface area contributed by atoms with E-state index in [1.54, 1.807) is 17.5 Å². The molecule has 4 aromatic rings. The smallest absolute Gasteiger partial charge is 0.117 e. The van der Waals surface area contributed by atoms with Crippen molar-refractivity contribution < 1.29 is 0 Å². The van der Waals surface area contributed by atoms with E-state index in [9.17, 15) is 0 Å². The molecule has 1 aliphatic rings. The number of aryl methyl sites for hydroxylation is 2. The highest BCUT2D eigenvalue weighted by atomic mass is 32.1. The molecule has 0 aromatic carbocycles. The average Bonchev–Trinajstić information content (AvgIpc) is 3.38. The first-order valence-electron chi connectivity index (χ1n) is 9.73. The molecule has 0 saturated carbocycles. The molecule has 0 atom stereocenters. The largest absolute Gasteiger partial charge is 0.357 e. The standard InChI is InChI=1S/C25H20N4S/c1-4-6-17(23-7-5-12-30-23)18-13-22(27-16(18)3)25-24-21(29-25)9-8-20(28-24)19-14-26-11-10-15(19)2/h4-14,27H,1H2,2-3H3/b17-6+. The number of nitrogens with zero attached hydrogens (tertiary/aromatic N) is 3. The molecule has 0 bridgehead atoms. The van der Waals surface area contributed by atoms with E-state index in [1.165, 1.54) is 4.88 Å². The lowest BCUT2D eigenvalue weighted by molar-refractivity contribution is 1.17. The van der Waals surface area contributed by atoms with E-state index in [0.29, 0.717) is 0 Å². The van der Waals surface area contributed by atoms with Gasteiger partial charge in [0.15, 0.2) is 0 Å². The molecule has 0 spiro atoms. The SMILES string of the molecule is C=C/C=C(/c1cccs1)c1cc(C2=Nc3ccc(-c4cnccc4C)nc32)[nH]c1C. The molecule has 4 nitrogen and oxygen atoms in total. The summed E-state index contributed by atoms with van der Waals surface area (Å²) in [5.74, 6) is 0. The number of thiophene rings is 1. The van der Waals surface area contributed by atoms with E-state index in [0.717, 1.165) is 56.4 Å². The number of aromatic nitrogens is 3. The summed E-state index contributed by atoms with van der Waals surface area (Å²) in [5.41, 5.74) is 10.3.